The van der Waals surface area contributed by atoms with E-state index >= 15 is 0 Å². The number of benzene rings is 1. The Labute approximate surface area is 250 Å². The number of hydrogen-bond acceptors (Lipinski definition) is 5. The lowest BCUT2D eigenvalue weighted by Gasteiger charge is -2.43. The maximum absolute atomic E-state index is 14.6. The van der Waals surface area contributed by atoms with Crippen LogP contribution >= 0.6 is 11.8 Å². The SMILES string of the molecule is C=CCN(CCCCC)C(=O)C1N([C@@H](CO)C(C)C)C(=O)[C@@H]2[C@@H](C(=O)N(CC=C)c3ccccc3)[C@H]3CC(C)C12S3. The molecule has 3 aliphatic rings. The third kappa shape index (κ3) is 5.38. The van der Waals surface area contributed by atoms with Crippen molar-refractivity contribution in [3.63, 3.8) is 0 Å². The van der Waals surface area contributed by atoms with Crippen LogP contribution in [0.1, 0.15) is 53.4 Å². The number of unbranched alkanes of at least 4 members (excludes halogenated alkanes) is 2. The largest absolute Gasteiger partial charge is 0.394 e. The first-order chi connectivity index (χ1) is 19.7. The predicted molar refractivity (Wildman–Crippen MR) is 167 cm³/mol. The van der Waals surface area contributed by atoms with Crippen molar-refractivity contribution in [1.82, 2.24) is 9.80 Å². The van der Waals surface area contributed by atoms with Crippen molar-refractivity contribution in [3.8, 4) is 0 Å². The summed E-state index contributed by atoms with van der Waals surface area (Å²) in [7, 11) is 0. The van der Waals surface area contributed by atoms with E-state index in [1.54, 1.807) is 33.7 Å². The molecule has 1 spiro atoms. The Balaban J connectivity index is 1.81. The van der Waals surface area contributed by atoms with Crippen molar-refractivity contribution in [3.05, 3.63) is 55.6 Å². The van der Waals surface area contributed by atoms with Gasteiger partial charge in [0.2, 0.25) is 17.7 Å². The van der Waals surface area contributed by atoms with Gasteiger partial charge in [0.1, 0.15) is 6.04 Å². The highest BCUT2D eigenvalue weighted by molar-refractivity contribution is 8.02. The van der Waals surface area contributed by atoms with Gasteiger partial charge in [-0.15, -0.1) is 24.9 Å². The second-order valence-electron chi connectivity index (χ2n) is 12.1. The topological polar surface area (TPSA) is 81.2 Å². The molecule has 4 rings (SSSR count). The van der Waals surface area contributed by atoms with E-state index in [0.717, 1.165) is 31.4 Å². The molecule has 0 aliphatic carbocycles. The first-order valence-corrected chi connectivity index (χ1v) is 16.0. The molecule has 7 nitrogen and oxygen atoms in total. The Bertz CT molecular complexity index is 1130. The molecule has 2 bridgehead atoms. The average molecular weight is 582 g/mol. The third-order valence-corrected chi connectivity index (χ3v) is 11.4. The minimum absolute atomic E-state index is 0.0560. The summed E-state index contributed by atoms with van der Waals surface area (Å²) in [6, 6.07) is 8.26. The van der Waals surface area contributed by atoms with Crippen LogP contribution in [-0.2, 0) is 14.4 Å². The van der Waals surface area contributed by atoms with Gasteiger partial charge in [-0.3, -0.25) is 14.4 Å². The van der Waals surface area contributed by atoms with Gasteiger partial charge in [-0.2, -0.15) is 0 Å². The fraction of sp³-hybridized carbons (Fsp3) is 0.606. The molecule has 3 amide bonds. The molecule has 8 heteroatoms. The first kappa shape index (κ1) is 31.4. The third-order valence-electron chi connectivity index (χ3n) is 9.35. The lowest BCUT2D eigenvalue weighted by molar-refractivity contribution is -0.146. The summed E-state index contributed by atoms with van der Waals surface area (Å²) < 4.78 is -0.734. The highest BCUT2D eigenvalue weighted by atomic mass is 32.2. The molecule has 3 saturated heterocycles. The molecule has 41 heavy (non-hydrogen) atoms. The number of aliphatic hydroxyl groups excluding tert-OH is 1. The average Bonchev–Trinajstić information content (AvgIpc) is 3.55. The number of hydrogen-bond donors (Lipinski definition) is 1. The molecule has 3 aliphatic heterocycles. The van der Waals surface area contributed by atoms with Crippen LogP contribution in [0.15, 0.2) is 55.6 Å². The zero-order chi connectivity index (χ0) is 29.9. The molecule has 1 aromatic rings. The lowest BCUT2D eigenvalue weighted by Crippen LogP contribution is -2.60. The van der Waals surface area contributed by atoms with E-state index in [-0.39, 0.29) is 41.4 Å². The fourth-order valence-corrected chi connectivity index (χ4v) is 9.81. The number of carbonyl (C=O) groups is 3. The smallest absolute Gasteiger partial charge is 0.247 e. The molecule has 224 valence electrons. The van der Waals surface area contributed by atoms with E-state index < -0.39 is 28.7 Å². The molecule has 1 aromatic carbocycles. The van der Waals surface area contributed by atoms with E-state index in [1.807, 2.05) is 49.1 Å². The van der Waals surface area contributed by atoms with Crippen LogP contribution in [-0.4, -0.2) is 80.9 Å². The monoisotopic (exact) mass is 581 g/mol. The summed E-state index contributed by atoms with van der Waals surface area (Å²) in [5.74, 6) is -1.53. The standard InChI is InChI=1S/C33H47N3O4S/c1-7-10-14-19-34(17-8-2)32(40)29-33-23(6)20-26(41-33)27(28(33)31(39)36(29)25(21-37)22(4)5)30(38)35(18-9-3)24-15-12-11-13-16-24/h8-9,11-13,15-16,22-23,25-29,37H,2-3,7,10,14,17-21H2,1,4-6H3/t23?,25-,26+,27-,28-,29?,33?/m0/s1. The second-order valence-corrected chi connectivity index (χ2v) is 13.7. The van der Waals surface area contributed by atoms with Crippen LogP contribution in [0.4, 0.5) is 5.69 Å². The number of thioether (sulfide) groups is 1. The van der Waals surface area contributed by atoms with E-state index in [9.17, 15) is 19.5 Å². The Morgan fingerprint density at radius 3 is 2.41 bits per heavy atom. The van der Waals surface area contributed by atoms with E-state index in [1.165, 1.54) is 0 Å². The zero-order valence-corrected chi connectivity index (χ0v) is 25.9. The van der Waals surface area contributed by atoms with E-state index in [0.29, 0.717) is 19.6 Å². The number of aliphatic hydroxyl groups is 1. The minimum atomic E-state index is -0.742. The molecular formula is C33H47N3O4S. The van der Waals surface area contributed by atoms with Crippen molar-refractivity contribution in [2.45, 2.75) is 75.5 Å². The van der Waals surface area contributed by atoms with Crippen LogP contribution in [0.2, 0.25) is 0 Å². The van der Waals surface area contributed by atoms with Crippen molar-refractivity contribution < 1.29 is 19.5 Å². The Hall–Kier alpha value is -2.58. The lowest BCUT2D eigenvalue weighted by atomic mass is 9.65. The van der Waals surface area contributed by atoms with Gasteiger partial charge in [0.05, 0.1) is 29.2 Å². The summed E-state index contributed by atoms with van der Waals surface area (Å²) in [5, 5.41) is 10.5. The molecular weight excluding hydrogens is 534 g/mol. The summed E-state index contributed by atoms with van der Waals surface area (Å²) in [5.41, 5.74) is 0.769. The predicted octanol–water partition coefficient (Wildman–Crippen LogP) is 4.76. The van der Waals surface area contributed by atoms with Gasteiger partial charge in [0.15, 0.2) is 0 Å². The highest BCUT2D eigenvalue weighted by Crippen LogP contribution is 2.69. The summed E-state index contributed by atoms with van der Waals surface area (Å²) in [6.07, 6.45) is 7.15. The number of carbonyl (C=O) groups excluding carboxylic acids is 3. The number of likely N-dealkylation sites (tertiary alicyclic amines) is 1. The van der Waals surface area contributed by atoms with Crippen molar-refractivity contribution in [2.24, 2.45) is 23.7 Å². The molecule has 7 atom stereocenters. The van der Waals surface area contributed by atoms with Crippen LogP contribution in [0.3, 0.4) is 0 Å². The molecule has 0 aromatic heterocycles. The van der Waals surface area contributed by atoms with Gasteiger partial charge in [0.25, 0.3) is 0 Å². The van der Waals surface area contributed by atoms with Crippen LogP contribution in [0.25, 0.3) is 0 Å². The molecule has 3 unspecified atom stereocenters. The van der Waals surface area contributed by atoms with E-state index in [4.69, 9.17) is 0 Å². The number of rotatable bonds is 14. The summed E-state index contributed by atoms with van der Waals surface area (Å²) >= 11 is 1.68. The van der Waals surface area contributed by atoms with E-state index in [2.05, 4.69) is 27.0 Å². The number of anilines is 1. The summed E-state index contributed by atoms with van der Waals surface area (Å²) in [6.45, 7) is 17.1. The normalized spacial score (nSPS) is 29.0. The maximum atomic E-state index is 14.6. The van der Waals surface area contributed by atoms with Gasteiger partial charge in [0, 0.05) is 30.6 Å². The highest BCUT2D eigenvalue weighted by Gasteiger charge is 2.77. The van der Waals surface area contributed by atoms with Crippen LogP contribution in [0.5, 0.6) is 0 Å². The van der Waals surface area contributed by atoms with Crippen molar-refractivity contribution >= 4 is 35.2 Å². The van der Waals surface area contributed by atoms with Gasteiger partial charge >= 0.3 is 0 Å². The summed E-state index contributed by atoms with van der Waals surface area (Å²) in [4.78, 5) is 48.9. The second kappa shape index (κ2) is 13.2. The van der Waals surface area contributed by atoms with Crippen LogP contribution < -0.4 is 4.90 Å². The first-order valence-electron chi connectivity index (χ1n) is 15.2. The van der Waals surface area contributed by atoms with Gasteiger partial charge < -0.3 is 19.8 Å². The number of fused-ring (bicyclic) bond motifs is 1. The quantitative estimate of drug-likeness (QED) is 0.253. The Morgan fingerprint density at radius 2 is 1.83 bits per heavy atom. The van der Waals surface area contributed by atoms with Crippen molar-refractivity contribution in [1.29, 1.82) is 0 Å². The number of para-hydroxylation sites is 1. The molecule has 0 radical (unpaired) electrons. The zero-order valence-electron chi connectivity index (χ0n) is 25.1. The van der Waals surface area contributed by atoms with Crippen molar-refractivity contribution in [2.75, 3.05) is 31.1 Å². The number of nitrogens with zero attached hydrogens (tertiary/aromatic N) is 3. The Kier molecular flexibility index (Phi) is 10.1. The van der Waals surface area contributed by atoms with Gasteiger partial charge in [-0.1, -0.05) is 70.9 Å². The van der Waals surface area contributed by atoms with Crippen LogP contribution in [0, 0.1) is 23.7 Å². The van der Waals surface area contributed by atoms with Gasteiger partial charge in [-0.25, -0.2) is 0 Å². The number of amides is 3. The molecule has 3 fully saturated rings. The Morgan fingerprint density at radius 1 is 1.15 bits per heavy atom. The molecule has 3 heterocycles. The molecule has 1 N–H and O–H groups in total. The van der Waals surface area contributed by atoms with Gasteiger partial charge in [-0.05, 0) is 36.8 Å². The fourth-order valence-electron chi connectivity index (χ4n) is 7.41. The minimum Gasteiger partial charge on any atom is -0.394 e. The molecule has 0 saturated carbocycles. The maximum Gasteiger partial charge on any atom is 0.247 e.